The number of amides is 3. The van der Waals surface area contributed by atoms with E-state index in [0.29, 0.717) is 22.6 Å². The molecule has 3 aromatic rings. The van der Waals surface area contributed by atoms with E-state index in [1.54, 1.807) is 42.7 Å². The lowest BCUT2D eigenvalue weighted by Gasteiger charge is -2.27. The van der Waals surface area contributed by atoms with Crippen molar-refractivity contribution in [3.63, 3.8) is 0 Å². The van der Waals surface area contributed by atoms with Crippen LogP contribution in [0.4, 0.5) is 0 Å². The largest absolute Gasteiger partial charge is 0.497 e. The summed E-state index contributed by atoms with van der Waals surface area (Å²) in [7, 11) is 1.51. The van der Waals surface area contributed by atoms with Gasteiger partial charge in [0, 0.05) is 41.8 Å². The monoisotopic (exact) mass is 456 g/mol. The van der Waals surface area contributed by atoms with Crippen LogP contribution in [0.5, 0.6) is 5.75 Å². The van der Waals surface area contributed by atoms with Crippen molar-refractivity contribution in [2.45, 2.75) is 12.1 Å². The molecule has 2 aromatic heterocycles. The third-order valence-electron chi connectivity index (χ3n) is 5.28. The number of imide groups is 1. The molecule has 0 saturated heterocycles. The molecule has 0 fully saturated rings. The zero-order chi connectivity index (χ0) is 24.1. The zero-order valence-corrected chi connectivity index (χ0v) is 18.2. The highest BCUT2D eigenvalue weighted by Gasteiger charge is 2.39. The molecule has 4 rings (SSSR count). The van der Waals surface area contributed by atoms with E-state index in [1.807, 2.05) is 5.32 Å². The molecule has 0 unspecified atom stereocenters. The van der Waals surface area contributed by atoms with E-state index in [4.69, 9.17) is 10.5 Å². The lowest BCUT2D eigenvalue weighted by Crippen LogP contribution is -2.59. The lowest BCUT2D eigenvalue weighted by atomic mass is 9.99. The van der Waals surface area contributed by atoms with E-state index in [-0.39, 0.29) is 25.4 Å². The summed E-state index contributed by atoms with van der Waals surface area (Å²) in [6.45, 7) is 0.0327. The molecule has 1 aromatic carbocycles. The molecule has 0 aliphatic carbocycles. The summed E-state index contributed by atoms with van der Waals surface area (Å²) in [5, 5.41) is 2.05. The Morgan fingerprint density at radius 1 is 1.26 bits per heavy atom. The van der Waals surface area contributed by atoms with Crippen molar-refractivity contribution in [1.82, 2.24) is 25.2 Å². The number of carbonyl (C=O) groups is 3. The van der Waals surface area contributed by atoms with Gasteiger partial charge >= 0.3 is 0 Å². The number of methoxy groups -OCH3 is 1. The Hall–Kier alpha value is -4.62. The molecule has 3 amide bonds. The fourth-order valence-corrected chi connectivity index (χ4v) is 3.50. The van der Waals surface area contributed by atoms with Gasteiger partial charge in [-0.1, -0.05) is 17.9 Å². The van der Waals surface area contributed by atoms with Gasteiger partial charge in [-0.2, -0.15) is 0 Å². The highest BCUT2D eigenvalue weighted by atomic mass is 16.5. The Bertz CT molecular complexity index is 1300. The van der Waals surface area contributed by atoms with E-state index < -0.39 is 11.4 Å². The van der Waals surface area contributed by atoms with Crippen LogP contribution in [0.3, 0.4) is 0 Å². The number of aromatic nitrogens is 3. The number of hydrogen-bond donors (Lipinski definition) is 2. The molecule has 1 atom stereocenters. The average molecular weight is 456 g/mol. The molecule has 170 valence electrons. The van der Waals surface area contributed by atoms with Gasteiger partial charge in [0.1, 0.15) is 12.1 Å². The maximum absolute atomic E-state index is 12.9. The second kappa shape index (κ2) is 9.48. The normalized spacial score (nSPS) is 13.8. The zero-order valence-electron chi connectivity index (χ0n) is 18.2. The first-order valence-corrected chi connectivity index (χ1v) is 10.2. The van der Waals surface area contributed by atoms with Crippen LogP contribution in [-0.2, 0) is 16.1 Å². The predicted molar refractivity (Wildman–Crippen MR) is 121 cm³/mol. The fraction of sp³-hybridized carbons (Fsp3) is 0.167. The lowest BCUT2D eigenvalue weighted by molar-refractivity contribution is -0.128. The van der Waals surface area contributed by atoms with Crippen LogP contribution >= 0.6 is 0 Å². The van der Waals surface area contributed by atoms with E-state index in [0.717, 1.165) is 11.1 Å². The molecule has 3 heterocycles. The van der Waals surface area contributed by atoms with Gasteiger partial charge in [0.25, 0.3) is 11.8 Å². The van der Waals surface area contributed by atoms with Gasteiger partial charge in [-0.05, 0) is 29.8 Å². The molecule has 3 N–H and O–H groups in total. The maximum Gasteiger partial charge on any atom is 0.260 e. The molecule has 34 heavy (non-hydrogen) atoms. The summed E-state index contributed by atoms with van der Waals surface area (Å²) < 4.78 is 5.18. The van der Waals surface area contributed by atoms with Crippen LogP contribution in [0.25, 0.3) is 11.3 Å². The van der Waals surface area contributed by atoms with Crippen molar-refractivity contribution in [2.75, 3.05) is 13.7 Å². The van der Waals surface area contributed by atoms with Crippen molar-refractivity contribution in [3.8, 4) is 28.8 Å². The topological polar surface area (TPSA) is 140 Å². The number of carbonyl (C=O) groups excluding carboxylic acids is 3. The van der Waals surface area contributed by atoms with Gasteiger partial charge in [-0.3, -0.25) is 24.7 Å². The van der Waals surface area contributed by atoms with Crippen LogP contribution in [0.2, 0.25) is 0 Å². The summed E-state index contributed by atoms with van der Waals surface area (Å²) in [6, 6.07) is 8.62. The second-order valence-corrected chi connectivity index (χ2v) is 7.56. The number of fused-ring (bicyclic) bond motifs is 1. The van der Waals surface area contributed by atoms with Crippen molar-refractivity contribution >= 4 is 18.2 Å². The van der Waals surface area contributed by atoms with E-state index in [1.165, 1.54) is 24.5 Å². The minimum Gasteiger partial charge on any atom is -0.497 e. The Kier molecular flexibility index (Phi) is 6.29. The Balaban J connectivity index is 1.58. The number of hydrogen-bond acceptors (Lipinski definition) is 8. The Morgan fingerprint density at radius 3 is 2.74 bits per heavy atom. The summed E-state index contributed by atoms with van der Waals surface area (Å²) in [6.07, 6.45) is 6.45. The minimum absolute atomic E-state index is 0.220. The number of nitrogens with two attached hydrogens (primary N) is 1. The number of benzene rings is 1. The molecule has 0 radical (unpaired) electrons. The third kappa shape index (κ3) is 4.60. The number of nitrogens with zero attached hydrogens (tertiary/aromatic N) is 4. The SMILES string of the molecule is COc1ccc2c(c1)C(=O)N(C[C@](N)(C#Cc1ccc(-c3cncnc3)nc1)C(=O)NC=O)C2. The van der Waals surface area contributed by atoms with E-state index in [9.17, 15) is 14.4 Å². The molecule has 10 nitrogen and oxygen atoms in total. The molecular weight excluding hydrogens is 436 g/mol. The van der Waals surface area contributed by atoms with Crippen LogP contribution < -0.4 is 15.8 Å². The Morgan fingerprint density at radius 2 is 2.06 bits per heavy atom. The van der Waals surface area contributed by atoms with Crippen LogP contribution in [0.15, 0.2) is 55.2 Å². The first kappa shape index (κ1) is 22.6. The second-order valence-electron chi connectivity index (χ2n) is 7.56. The molecular formula is C24H20N6O4. The van der Waals surface area contributed by atoms with Crippen LogP contribution in [0.1, 0.15) is 21.5 Å². The van der Waals surface area contributed by atoms with Crippen molar-refractivity contribution < 1.29 is 19.1 Å². The van der Waals surface area contributed by atoms with Gasteiger partial charge in [-0.15, -0.1) is 0 Å². The standard InChI is InChI=1S/C24H20N6O4/c1-34-19-4-3-17-12-30(22(32)20(17)8-19)13-24(25,23(33)29-15-31)7-6-16-2-5-21(28-9-16)18-10-26-14-27-11-18/h2-5,8-11,14-15H,12-13,25H2,1H3,(H,29,31,33)/t24-/m1/s1. The summed E-state index contributed by atoms with van der Waals surface area (Å²) in [5.74, 6) is 4.98. The first-order chi connectivity index (χ1) is 16.4. The molecule has 0 bridgehead atoms. The third-order valence-corrected chi connectivity index (χ3v) is 5.28. The van der Waals surface area contributed by atoms with Gasteiger partial charge in [0.15, 0.2) is 5.54 Å². The number of pyridine rings is 1. The highest BCUT2D eigenvalue weighted by Crippen LogP contribution is 2.27. The first-order valence-electron chi connectivity index (χ1n) is 10.2. The predicted octanol–water partition coefficient (Wildman–Crippen LogP) is 0.525. The Labute approximate surface area is 195 Å². The number of rotatable bonds is 6. The maximum atomic E-state index is 12.9. The number of ether oxygens (including phenoxy) is 1. The van der Waals surface area contributed by atoms with Crippen LogP contribution in [-0.4, -0.2) is 57.3 Å². The van der Waals surface area contributed by atoms with Crippen molar-refractivity contribution in [1.29, 1.82) is 0 Å². The summed E-state index contributed by atoms with van der Waals surface area (Å²) in [4.78, 5) is 50.1. The summed E-state index contributed by atoms with van der Waals surface area (Å²) >= 11 is 0. The average Bonchev–Trinajstić information content (AvgIpc) is 3.17. The highest BCUT2D eigenvalue weighted by molar-refractivity contribution is 6.01. The van der Waals surface area contributed by atoms with Crippen molar-refractivity contribution in [3.05, 3.63) is 71.9 Å². The van der Waals surface area contributed by atoms with Crippen molar-refractivity contribution in [2.24, 2.45) is 5.73 Å². The van der Waals surface area contributed by atoms with Gasteiger partial charge in [0.05, 0.1) is 19.3 Å². The molecule has 0 saturated carbocycles. The number of nitrogens with one attached hydrogen (secondary N) is 1. The molecule has 1 aliphatic heterocycles. The molecule has 1 aliphatic rings. The van der Waals surface area contributed by atoms with Crippen LogP contribution in [0, 0.1) is 11.8 Å². The van der Waals surface area contributed by atoms with Gasteiger partial charge in [-0.25, -0.2) is 9.97 Å². The van der Waals surface area contributed by atoms with Gasteiger partial charge < -0.3 is 15.4 Å². The molecule has 0 spiro atoms. The van der Waals surface area contributed by atoms with Gasteiger partial charge in [0.2, 0.25) is 6.41 Å². The fourth-order valence-electron chi connectivity index (χ4n) is 3.50. The van der Waals surface area contributed by atoms with E-state index >= 15 is 0 Å². The minimum atomic E-state index is -1.84. The molecule has 10 heteroatoms. The quantitative estimate of drug-likeness (QED) is 0.404. The smallest absolute Gasteiger partial charge is 0.260 e. The van der Waals surface area contributed by atoms with E-state index in [2.05, 4.69) is 26.8 Å². The summed E-state index contributed by atoms with van der Waals surface area (Å²) in [5.41, 5.74) is 7.63.